The summed E-state index contributed by atoms with van der Waals surface area (Å²) >= 11 is 0. The Balaban J connectivity index is 2.79. The quantitative estimate of drug-likeness (QED) is 0.592. The van der Waals surface area contributed by atoms with Gasteiger partial charge in [0.15, 0.2) is 0 Å². The van der Waals surface area contributed by atoms with Gasteiger partial charge in [0, 0.05) is 26.0 Å². The molecule has 0 saturated heterocycles. The van der Waals surface area contributed by atoms with E-state index in [4.69, 9.17) is 4.74 Å². The number of hydrogen-bond acceptors (Lipinski definition) is 4. The van der Waals surface area contributed by atoms with Crippen LogP contribution in [-0.2, 0) is 9.53 Å². The van der Waals surface area contributed by atoms with Crippen LogP contribution in [-0.4, -0.2) is 38.9 Å². The number of benzene rings is 1. The summed E-state index contributed by atoms with van der Waals surface area (Å²) in [6, 6.07) is 7.58. The van der Waals surface area contributed by atoms with Gasteiger partial charge < -0.3 is 9.64 Å². The Kier molecular flexibility index (Phi) is 6.22. The lowest BCUT2D eigenvalue weighted by molar-refractivity contribution is -0.145. The van der Waals surface area contributed by atoms with Crippen LogP contribution in [0.2, 0.25) is 0 Å². The number of hydrogen-bond donors (Lipinski definition) is 0. The Morgan fingerprint density at radius 3 is 2.35 bits per heavy atom. The molecular weight excluding hydrogens is 252 g/mol. The Bertz CT molecular complexity index is 450. The summed E-state index contributed by atoms with van der Waals surface area (Å²) in [4.78, 5) is 18.2. The third-order valence-corrected chi connectivity index (χ3v) is 2.95. The minimum Gasteiger partial charge on any atom is -0.464 e. The zero-order chi connectivity index (χ0) is 15.1. The lowest BCUT2D eigenvalue weighted by Gasteiger charge is -2.15. The van der Waals surface area contributed by atoms with Crippen molar-refractivity contribution in [1.82, 2.24) is 0 Å². The molecule has 0 radical (unpaired) electrons. The number of esters is 1. The molecule has 0 N–H and O–H groups in total. The van der Waals surface area contributed by atoms with Gasteiger partial charge in [-0.25, -0.2) is 4.79 Å². The van der Waals surface area contributed by atoms with Crippen molar-refractivity contribution in [3.05, 3.63) is 29.8 Å². The number of aliphatic imine (C=N–C) groups is 1. The van der Waals surface area contributed by atoms with Gasteiger partial charge in [0.25, 0.3) is 0 Å². The lowest BCUT2D eigenvalue weighted by atomic mass is 10.1. The van der Waals surface area contributed by atoms with E-state index in [-0.39, 0.29) is 11.9 Å². The SMILES string of the molecule is CCOC(=O)[C@@H](N=Cc1ccc(N(C)C)cc1)C(C)C. The van der Waals surface area contributed by atoms with Crippen LogP contribution in [0.3, 0.4) is 0 Å². The maximum absolute atomic E-state index is 11.8. The topological polar surface area (TPSA) is 41.9 Å². The molecule has 0 fully saturated rings. The minimum absolute atomic E-state index is 0.117. The first-order valence-corrected chi connectivity index (χ1v) is 6.93. The zero-order valence-corrected chi connectivity index (χ0v) is 13.0. The molecule has 0 spiro atoms. The van der Waals surface area contributed by atoms with Gasteiger partial charge in [-0.1, -0.05) is 26.0 Å². The second-order valence-corrected chi connectivity index (χ2v) is 5.21. The summed E-state index contributed by atoms with van der Waals surface area (Å²) < 4.78 is 5.04. The maximum Gasteiger partial charge on any atom is 0.331 e. The molecule has 0 aliphatic carbocycles. The van der Waals surface area contributed by atoms with Gasteiger partial charge in [-0.15, -0.1) is 0 Å². The molecule has 0 saturated carbocycles. The minimum atomic E-state index is -0.441. The van der Waals surface area contributed by atoms with Crippen molar-refractivity contribution < 1.29 is 9.53 Å². The normalized spacial score (nSPS) is 12.7. The lowest BCUT2D eigenvalue weighted by Crippen LogP contribution is -2.27. The fraction of sp³-hybridized carbons (Fsp3) is 0.500. The fourth-order valence-electron chi connectivity index (χ4n) is 1.76. The highest BCUT2D eigenvalue weighted by Gasteiger charge is 2.21. The van der Waals surface area contributed by atoms with Crippen LogP contribution >= 0.6 is 0 Å². The van der Waals surface area contributed by atoms with Crippen molar-refractivity contribution >= 4 is 17.9 Å². The molecule has 0 amide bonds. The van der Waals surface area contributed by atoms with E-state index in [2.05, 4.69) is 4.99 Å². The van der Waals surface area contributed by atoms with Crippen molar-refractivity contribution in [1.29, 1.82) is 0 Å². The molecule has 1 aromatic carbocycles. The standard InChI is InChI=1S/C16H24N2O2/c1-6-20-16(19)15(12(2)3)17-11-13-7-9-14(10-8-13)18(4)5/h7-12,15H,6H2,1-5H3/t15-/m0/s1. The van der Waals surface area contributed by atoms with E-state index in [1.165, 1.54) is 0 Å². The van der Waals surface area contributed by atoms with Crippen molar-refractivity contribution in [3.63, 3.8) is 0 Å². The van der Waals surface area contributed by atoms with Gasteiger partial charge in [-0.05, 0) is 30.5 Å². The third kappa shape index (κ3) is 4.68. The van der Waals surface area contributed by atoms with Gasteiger partial charge in [0.1, 0.15) is 6.04 Å². The van der Waals surface area contributed by atoms with Gasteiger partial charge in [0.2, 0.25) is 0 Å². The summed E-state index contributed by atoms with van der Waals surface area (Å²) in [6.07, 6.45) is 1.74. The largest absolute Gasteiger partial charge is 0.464 e. The first kappa shape index (κ1) is 16.2. The highest BCUT2D eigenvalue weighted by molar-refractivity contribution is 5.84. The molecule has 1 atom stereocenters. The van der Waals surface area contributed by atoms with E-state index in [1.54, 1.807) is 13.1 Å². The van der Waals surface area contributed by atoms with Crippen LogP contribution in [0.5, 0.6) is 0 Å². The zero-order valence-electron chi connectivity index (χ0n) is 13.0. The van der Waals surface area contributed by atoms with Crippen LogP contribution in [0.15, 0.2) is 29.3 Å². The number of anilines is 1. The number of carbonyl (C=O) groups excluding carboxylic acids is 1. The maximum atomic E-state index is 11.8. The van der Waals surface area contributed by atoms with E-state index in [9.17, 15) is 4.79 Å². The van der Waals surface area contributed by atoms with Gasteiger partial charge in [-0.2, -0.15) is 0 Å². The molecule has 0 bridgehead atoms. The van der Waals surface area contributed by atoms with Crippen LogP contribution in [0.25, 0.3) is 0 Å². The molecule has 0 aromatic heterocycles. The predicted molar refractivity (Wildman–Crippen MR) is 83.6 cm³/mol. The number of rotatable bonds is 6. The highest BCUT2D eigenvalue weighted by atomic mass is 16.5. The molecule has 20 heavy (non-hydrogen) atoms. The summed E-state index contributed by atoms with van der Waals surface area (Å²) in [5.74, 6) is -0.144. The Morgan fingerprint density at radius 2 is 1.90 bits per heavy atom. The average Bonchev–Trinajstić information content (AvgIpc) is 2.39. The van der Waals surface area contributed by atoms with E-state index < -0.39 is 6.04 Å². The smallest absolute Gasteiger partial charge is 0.331 e. The Morgan fingerprint density at radius 1 is 1.30 bits per heavy atom. The van der Waals surface area contributed by atoms with Crippen molar-refractivity contribution in [2.45, 2.75) is 26.8 Å². The van der Waals surface area contributed by atoms with Gasteiger partial charge >= 0.3 is 5.97 Å². The first-order chi connectivity index (χ1) is 9.45. The summed E-state index contributed by atoms with van der Waals surface area (Å²) in [7, 11) is 4.00. The highest BCUT2D eigenvalue weighted by Crippen LogP contribution is 2.12. The van der Waals surface area contributed by atoms with Gasteiger partial charge in [0.05, 0.1) is 6.61 Å². The monoisotopic (exact) mass is 276 g/mol. The molecule has 1 aromatic rings. The summed E-state index contributed by atoms with van der Waals surface area (Å²) in [6.45, 7) is 6.12. The van der Waals surface area contributed by atoms with E-state index in [1.807, 2.05) is 57.1 Å². The number of nitrogens with zero attached hydrogens (tertiary/aromatic N) is 2. The van der Waals surface area contributed by atoms with Crippen LogP contribution in [0.4, 0.5) is 5.69 Å². The Labute approximate surface area is 121 Å². The molecule has 4 nitrogen and oxygen atoms in total. The van der Waals surface area contributed by atoms with Gasteiger partial charge in [-0.3, -0.25) is 4.99 Å². The van der Waals surface area contributed by atoms with Crippen LogP contribution in [0.1, 0.15) is 26.3 Å². The number of ether oxygens (including phenoxy) is 1. The second-order valence-electron chi connectivity index (χ2n) is 5.21. The average molecular weight is 276 g/mol. The molecule has 110 valence electrons. The molecule has 0 unspecified atom stereocenters. The molecule has 0 aliphatic rings. The first-order valence-electron chi connectivity index (χ1n) is 6.93. The molecule has 0 heterocycles. The van der Waals surface area contributed by atoms with E-state index in [0.29, 0.717) is 6.61 Å². The predicted octanol–water partition coefficient (Wildman–Crippen LogP) is 2.76. The Hall–Kier alpha value is -1.84. The summed E-state index contributed by atoms with van der Waals surface area (Å²) in [5.41, 5.74) is 2.11. The molecule has 0 aliphatic heterocycles. The van der Waals surface area contributed by atoms with Crippen LogP contribution < -0.4 is 4.90 Å². The number of carbonyl (C=O) groups is 1. The van der Waals surface area contributed by atoms with Crippen molar-refractivity contribution in [2.24, 2.45) is 10.9 Å². The molecular formula is C16H24N2O2. The van der Waals surface area contributed by atoms with E-state index >= 15 is 0 Å². The molecule has 1 rings (SSSR count). The van der Waals surface area contributed by atoms with Crippen molar-refractivity contribution in [3.8, 4) is 0 Å². The fourth-order valence-corrected chi connectivity index (χ4v) is 1.76. The van der Waals surface area contributed by atoms with Crippen molar-refractivity contribution in [2.75, 3.05) is 25.6 Å². The third-order valence-electron chi connectivity index (χ3n) is 2.95. The second kappa shape index (κ2) is 7.68. The molecule has 4 heteroatoms. The summed E-state index contributed by atoms with van der Waals surface area (Å²) in [5, 5.41) is 0. The van der Waals surface area contributed by atoms with Crippen LogP contribution in [0, 0.1) is 5.92 Å². The van der Waals surface area contributed by atoms with E-state index in [0.717, 1.165) is 11.3 Å².